The molecule has 2 saturated heterocycles. The molecule has 120 valence electrons. The highest BCUT2D eigenvalue weighted by Crippen LogP contribution is 2.27. The topological polar surface area (TPSA) is 69.6 Å². The Morgan fingerprint density at radius 3 is 2.38 bits per heavy atom. The van der Waals surface area contributed by atoms with Gasteiger partial charge in [0, 0.05) is 19.5 Å². The van der Waals surface area contributed by atoms with Crippen LogP contribution in [0.15, 0.2) is 0 Å². The van der Waals surface area contributed by atoms with E-state index in [4.69, 9.17) is 0 Å². The van der Waals surface area contributed by atoms with Gasteiger partial charge in [-0.3, -0.25) is 4.79 Å². The zero-order chi connectivity index (χ0) is 15.6. The first kappa shape index (κ1) is 16.2. The smallest absolute Gasteiger partial charge is 0.365 e. The molecule has 21 heavy (non-hydrogen) atoms. The number of nitrogens with one attached hydrogen (secondary N) is 1. The fourth-order valence-electron chi connectivity index (χ4n) is 3.73. The summed E-state index contributed by atoms with van der Waals surface area (Å²) in [4.78, 5) is 26.0. The number of carbonyl (C=O) groups excluding carboxylic acids is 1. The van der Waals surface area contributed by atoms with Crippen LogP contribution in [0, 0.1) is 0 Å². The van der Waals surface area contributed by atoms with Crippen LogP contribution in [0.2, 0.25) is 0 Å². The first-order valence-electron chi connectivity index (χ1n) is 7.99. The summed E-state index contributed by atoms with van der Waals surface area (Å²) >= 11 is 0. The molecule has 4 unspecified atom stereocenters. The molecule has 0 spiro atoms. The zero-order valence-electron chi connectivity index (χ0n) is 13.3. The average molecular weight is 298 g/mol. The maximum absolute atomic E-state index is 12.4. The second-order valence-electron chi connectivity index (χ2n) is 6.76. The summed E-state index contributed by atoms with van der Waals surface area (Å²) in [6.07, 6.45) is 4.23. The Morgan fingerprint density at radius 2 is 1.90 bits per heavy atom. The minimum Gasteiger partial charge on any atom is -0.477 e. The predicted molar refractivity (Wildman–Crippen MR) is 79.3 cm³/mol. The predicted octanol–water partition coefficient (Wildman–Crippen LogP) is 0.974. The molecule has 6 heteroatoms. The maximum atomic E-state index is 12.4. The van der Waals surface area contributed by atoms with Crippen LogP contribution in [0.3, 0.4) is 0 Å². The van der Waals surface area contributed by atoms with E-state index in [1.807, 2.05) is 11.9 Å². The van der Waals surface area contributed by atoms with Gasteiger partial charge in [-0.1, -0.05) is 0 Å². The number of hydrogen-bond donors (Lipinski definition) is 2. The van der Waals surface area contributed by atoms with Crippen molar-refractivity contribution < 1.29 is 19.3 Å². The number of carbonyl (C=O) groups is 2. The Bertz CT molecular complexity index is 409. The number of hydrogen-bond acceptors (Lipinski definition) is 3. The van der Waals surface area contributed by atoms with Crippen molar-refractivity contribution in [2.45, 2.75) is 64.1 Å². The lowest BCUT2D eigenvalue weighted by Crippen LogP contribution is -2.65. The summed E-state index contributed by atoms with van der Waals surface area (Å²) in [7, 11) is 1.90. The van der Waals surface area contributed by atoms with Crippen molar-refractivity contribution in [3.8, 4) is 0 Å². The molecular weight excluding hydrogens is 270 g/mol. The third-order valence-corrected chi connectivity index (χ3v) is 5.12. The highest BCUT2D eigenvalue weighted by atomic mass is 16.4. The van der Waals surface area contributed by atoms with E-state index in [-0.39, 0.29) is 29.0 Å². The maximum Gasteiger partial charge on any atom is 0.365 e. The van der Waals surface area contributed by atoms with Gasteiger partial charge in [-0.25, -0.2) is 9.39 Å². The number of carboxylic acids is 1. The number of quaternary nitrogens is 1. The zero-order valence-corrected chi connectivity index (χ0v) is 13.3. The molecule has 2 aliphatic rings. The quantitative estimate of drug-likeness (QED) is 0.759. The number of likely N-dealkylation sites (tertiary alicyclic amines) is 1. The van der Waals surface area contributed by atoms with E-state index in [1.165, 1.54) is 0 Å². The Morgan fingerprint density at radius 1 is 1.29 bits per heavy atom. The number of nitrogens with zero attached hydrogens (tertiary/aromatic N) is 2. The van der Waals surface area contributed by atoms with Gasteiger partial charge in [-0.05, 0) is 33.1 Å². The summed E-state index contributed by atoms with van der Waals surface area (Å²) in [6.45, 7) is 5.66. The standard InChI is InChI=1S/C15H27N3O3/c1-11-9-12(2)18(3,16-11)13(15(20)21)10-14(19)17-7-5-4-6-8-17/h11-13,16H,4-10H2,1-3H3/p+1. The fourth-order valence-corrected chi connectivity index (χ4v) is 3.73. The van der Waals surface area contributed by atoms with Crippen LogP contribution in [-0.2, 0) is 9.59 Å². The van der Waals surface area contributed by atoms with E-state index >= 15 is 0 Å². The Kier molecular flexibility index (Phi) is 4.88. The van der Waals surface area contributed by atoms with Crippen LogP contribution in [0.25, 0.3) is 0 Å². The van der Waals surface area contributed by atoms with Crippen molar-refractivity contribution in [3.63, 3.8) is 0 Å². The summed E-state index contributed by atoms with van der Waals surface area (Å²) in [5, 5.41) is 9.62. The number of rotatable bonds is 4. The van der Waals surface area contributed by atoms with E-state index < -0.39 is 12.0 Å². The number of likely N-dealkylation sites (N-methyl/N-ethyl adjacent to an activating group) is 1. The van der Waals surface area contributed by atoms with Gasteiger partial charge in [0.25, 0.3) is 0 Å². The second kappa shape index (κ2) is 6.32. The summed E-state index contributed by atoms with van der Waals surface area (Å²) in [5.41, 5.74) is 3.36. The van der Waals surface area contributed by atoms with Gasteiger partial charge in [0.15, 0.2) is 0 Å². The molecule has 2 N–H and O–H groups in total. The minimum atomic E-state index is -0.892. The van der Waals surface area contributed by atoms with E-state index in [2.05, 4.69) is 19.3 Å². The van der Waals surface area contributed by atoms with Gasteiger partial charge >= 0.3 is 5.97 Å². The third-order valence-electron chi connectivity index (χ3n) is 5.12. The van der Waals surface area contributed by atoms with Crippen molar-refractivity contribution in [1.82, 2.24) is 10.3 Å². The Hall–Kier alpha value is -1.14. The lowest BCUT2D eigenvalue weighted by molar-refractivity contribution is -0.975. The molecule has 0 aromatic rings. The summed E-state index contributed by atoms with van der Waals surface area (Å²) < 4.78 is 0.246. The highest BCUT2D eigenvalue weighted by Gasteiger charge is 2.50. The molecule has 0 saturated carbocycles. The van der Waals surface area contributed by atoms with Crippen molar-refractivity contribution >= 4 is 11.9 Å². The first-order valence-corrected chi connectivity index (χ1v) is 7.99. The molecule has 2 rings (SSSR count). The second-order valence-corrected chi connectivity index (χ2v) is 6.76. The van der Waals surface area contributed by atoms with Crippen LogP contribution in [0.5, 0.6) is 0 Å². The molecule has 2 aliphatic heterocycles. The van der Waals surface area contributed by atoms with Gasteiger partial charge in [-0.15, -0.1) is 0 Å². The molecular formula is C15H28N3O3+. The van der Waals surface area contributed by atoms with Gasteiger partial charge < -0.3 is 10.0 Å². The lowest BCUT2D eigenvalue weighted by Gasteiger charge is -2.39. The van der Waals surface area contributed by atoms with Gasteiger partial charge in [0.05, 0.1) is 19.5 Å². The van der Waals surface area contributed by atoms with E-state index in [0.29, 0.717) is 0 Å². The first-order chi connectivity index (χ1) is 9.84. The molecule has 2 heterocycles. The average Bonchev–Trinajstić information content (AvgIpc) is 2.70. The van der Waals surface area contributed by atoms with Crippen LogP contribution in [0.1, 0.15) is 46.0 Å². The van der Waals surface area contributed by atoms with Crippen LogP contribution >= 0.6 is 0 Å². The summed E-state index contributed by atoms with van der Waals surface area (Å²) in [6, 6.07) is -0.258. The van der Waals surface area contributed by atoms with Gasteiger partial charge in [0.1, 0.15) is 6.04 Å². The van der Waals surface area contributed by atoms with E-state index in [1.54, 1.807) is 0 Å². The summed E-state index contributed by atoms with van der Waals surface area (Å²) in [5.74, 6) is -0.911. The van der Waals surface area contributed by atoms with Crippen molar-refractivity contribution in [1.29, 1.82) is 0 Å². The molecule has 0 aromatic heterocycles. The molecule has 0 radical (unpaired) electrons. The highest BCUT2D eigenvalue weighted by molar-refractivity contribution is 5.83. The van der Waals surface area contributed by atoms with E-state index in [9.17, 15) is 14.7 Å². The number of carboxylic acid groups (broad SMARTS) is 1. The van der Waals surface area contributed by atoms with Crippen molar-refractivity contribution in [3.05, 3.63) is 0 Å². The van der Waals surface area contributed by atoms with Crippen molar-refractivity contribution in [2.24, 2.45) is 0 Å². The largest absolute Gasteiger partial charge is 0.477 e. The van der Waals surface area contributed by atoms with E-state index in [0.717, 1.165) is 38.8 Å². The van der Waals surface area contributed by atoms with Gasteiger partial charge in [0.2, 0.25) is 11.9 Å². The molecule has 2 fully saturated rings. The fraction of sp³-hybridized carbons (Fsp3) is 0.867. The minimum absolute atomic E-state index is 0.0185. The third kappa shape index (κ3) is 3.37. The lowest BCUT2D eigenvalue weighted by atomic mass is 10.1. The van der Waals surface area contributed by atoms with Crippen molar-refractivity contribution in [2.75, 3.05) is 20.1 Å². The number of aliphatic carboxylic acids is 1. The van der Waals surface area contributed by atoms with Gasteiger partial charge in [-0.2, -0.15) is 5.43 Å². The SMILES string of the molecule is CC1CC(C)[N+](C)(C(CC(=O)N2CCCCC2)C(=O)O)N1. The number of piperidine rings is 1. The Balaban J connectivity index is 2.08. The monoisotopic (exact) mass is 298 g/mol. The molecule has 6 nitrogen and oxygen atoms in total. The molecule has 4 atom stereocenters. The Labute approximate surface area is 126 Å². The molecule has 0 bridgehead atoms. The molecule has 0 aromatic carbocycles. The van der Waals surface area contributed by atoms with Crippen LogP contribution in [-0.4, -0.2) is 64.7 Å². The number of amides is 1. The molecule has 0 aliphatic carbocycles. The van der Waals surface area contributed by atoms with Crippen LogP contribution < -0.4 is 5.43 Å². The molecule has 1 amide bonds. The normalized spacial score (nSPS) is 34.7. The van der Waals surface area contributed by atoms with Crippen LogP contribution in [0.4, 0.5) is 0 Å².